The maximum Gasteiger partial charge on any atom is 0.418 e. The number of carbonyl (C=O) groups excluding carboxylic acids is 1. The fourth-order valence-electron chi connectivity index (χ4n) is 3.48. The molecule has 2 aliphatic heterocycles. The van der Waals surface area contributed by atoms with E-state index < -0.39 is 22.5 Å². The van der Waals surface area contributed by atoms with Crippen LogP contribution in [0.15, 0.2) is 0 Å². The molecular weight excluding hydrogens is 386 g/mol. The van der Waals surface area contributed by atoms with Crippen LogP contribution in [0, 0.1) is 0 Å². The summed E-state index contributed by atoms with van der Waals surface area (Å²) in [5.41, 5.74) is 5.73. The number of rotatable bonds is 6. The number of amides is 2. The molecule has 2 amide bonds. The first-order valence-corrected chi connectivity index (χ1v) is 10.4. The first-order chi connectivity index (χ1) is 12.3. The minimum absolute atomic E-state index is 0.166. The number of nitrogens with zero attached hydrogens (tertiary/aromatic N) is 4. The fraction of sp³-hybridized carbons (Fsp3) is 0.769. The summed E-state index contributed by atoms with van der Waals surface area (Å²) < 4.78 is 40.8. The summed E-state index contributed by atoms with van der Waals surface area (Å²) in [6, 6.07) is -1.10. The van der Waals surface area contributed by atoms with Gasteiger partial charge in [0.1, 0.15) is 16.6 Å². The molecule has 1 aliphatic carbocycles. The van der Waals surface area contributed by atoms with Crippen molar-refractivity contribution in [2.45, 2.75) is 56.5 Å². The van der Waals surface area contributed by atoms with Crippen LogP contribution in [0.5, 0.6) is 0 Å². The third-order valence-electron chi connectivity index (χ3n) is 4.84. The summed E-state index contributed by atoms with van der Waals surface area (Å²) in [6.07, 6.45) is 3.00. The van der Waals surface area contributed by atoms with Crippen molar-refractivity contribution in [2.24, 2.45) is 5.73 Å². The Morgan fingerprint density at radius 3 is 2.77 bits per heavy atom. The Morgan fingerprint density at radius 1 is 1.31 bits per heavy atom. The van der Waals surface area contributed by atoms with E-state index in [4.69, 9.17) is 15.0 Å². The standard InChI is InChI=1S/C13H19N5O6S2/c14-7-3-9(4-7)23-6-11-15-16-12(25-11)10-2-1-8-5-17(10)13(19)18(8)24-26(20,21)22/h7-10H,1-6,14H2,(H,20,21,22)/t7?,8-,9?,10+/m1/s1. The van der Waals surface area contributed by atoms with Crippen molar-refractivity contribution in [1.82, 2.24) is 20.2 Å². The van der Waals surface area contributed by atoms with E-state index in [1.807, 2.05) is 0 Å². The van der Waals surface area contributed by atoms with E-state index in [9.17, 15) is 13.2 Å². The highest BCUT2D eigenvalue weighted by atomic mass is 32.3. The van der Waals surface area contributed by atoms with Gasteiger partial charge in [-0.1, -0.05) is 11.3 Å². The quantitative estimate of drug-likeness (QED) is 0.634. The minimum atomic E-state index is -4.75. The smallest absolute Gasteiger partial charge is 0.371 e. The summed E-state index contributed by atoms with van der Waals surface area (Å²) in [4.78, 5) is 13.9. The van der Waals surface area contributed by atoms with Crippen LogP contribution < -0.4 is 5.73 Å². The number of hydrogen-bond donors (Lipinski definition) is 2. The number of urea groups is 1. The zero-order chi connectivity index (χ0) is 18.5. The van der Waals surface area contributed by atoms with Gasteiger partial charge in [-0.2, -0.15) is 13.5 Å². The van der Waals surface area contributed by atoms with Gasteiger partial charge < -0.3 is 15.4 Å². The van der Waals surface area contributed by atoms with Crippen molar-refractivity contribution in [2.75, 3.05) is 6.54 Å². The molecule has 3 fully saturated rings. The summed E-state index contributed by atoms with van der Waals surface area (Å²) >= 11 is 1.37. The van der Waals surface area contributed by atoms with Crippen LogP contribution >= 0.6 is 11.3 Å². The lowest BCUT2D eigenvalue weighted by atomic mass is 9.90. The molecule has 1 saturated carbocycles. The number of piperidine rings is 1. The van der Waals surface area contributed by atoms with Crippen molar-refractivity contribution in [3.63, 3.8) is 0 Å². The van der Waals surface area contributed by atoms with Gasteiger partial charge in [0.15, 0.2) is 0 Å². The van der Waals surface area contributed by atoms with E-state index in [1.165, 1.54) is 16.2 Å². The molecule has 0 spiro atoms. The van der Waals surface area contributed by atoms with Crippen LogP contribution in [0.1, 0.15) is 41.7 Å². The Hall–Kier alpha value is -1.38. The first kappa shape index (κ1) is 18.0. The molecule has 1 aromatic rings. The molecule has 13 heteroatoms. The lowest BCUT2D eigenvalue weighted by Crippen LogP contribution is -2.41. The molecule has 2 bridgehead atoms. The van der Waals surface area contributed by atoms with Crippen molar-refractivity contribution < 1.29 is 26.8 Å². The van der Waals surface area contributed by atoms with E-state index in [-0.39, 0.29) is 18.2 Å². The van der Waals surface area contributed by atoms with E-state index in [1.54, 1.807) is 0 Å². The predicted octanol–water partition coefficient (Wildman–Crippen LogP) is 0.220. The molecule has 0 radical (unpaired) electrons. The molecule has 2 saturated heterocycles. The van der Waals surface area contributed by atoms with Gasteiger partial charge in [-0.15, -0.1) is 14.5 Å². The van der Waals surface area contributed by atoms with Gasteiger partial charge in [0.25, 0.3) is 0 Å². The Balaban J connectivity index is 1.40. The Morgan fingerprint density at radius 2 is 2.08 bits per heavy atom. The van der Waals surface area contributed by atoms with Crippen LogP contribution in [-0.2, 0) is 26.0 Å². The van der Waals surface area contributed by atoms with E-state index in [0.29, 0.717) is 31.0 Å². The normalized spacial score (nSPS) is 31.4. The van der Waals surface area contributed by atoms with E-state index in [2.05, 4.69) is 14.5 Å². The third-order valence-corrected chi connectivity index (χ3v) is 6.19. The van der Waals surface area contributed by atoms with Crippen molar-refractivity contribution in [1.29, 1.82) is 0 Å². The molecule has 26 heavy (non-hydrogen) atoms. The van der Waals surface area contributed by atoms with E-state index >= 15 is 0 Å². The molecule has 3 aliphatic rings. The van der Waals surface area contributed by atoms with Crippen molar-refractivity contribution >= 4 is 27.8 Å². The lowest BCUT2D eigenvalue weighted by molar-refractivity contribution is -0.0317. The predicted molar refractivity (Wildman–Crippen MR) is 88.0 cm³/mol. The summed E-state index contributed by atoms with van der Waals surface area (Å²) in [5, 5.41) is 10.4. The minimum Gasteiger partial charge on any atom is -0.371 e. The van der Waals surface area contributed by atoms with Gasteiger partial charge in [-0.05, 0) is 25.7 Å². The fourth-order valence-corrected chi connectivity index (χ4v) is 4.78. The molecule has 0 aromatic carbocycles. The van der Waals surface area contributed by atoms with Gasteiger partial charge in [0.05, 0.1) is 18.2 Å². The average Bonchev–Trinajstić information content (AvgIpc) is 3.10. The number of aromatic nitrogens is 2. The Labute approximate surface area is 154 Å². The number of hydrogen-bond acceptors (Lipinski definition) is 9. The molecule has 1 aromatic heterocycles. The maximum absolute atomic E-state index is 12.4. The number of nitrogens with two attached hydrogens (primary N) is 1. The van der Waals surface area contributed by atoms with Crippen LogP contribution in [0.4, 0.5) is 4.79 Å². The largest absolute Gasteiger partial charge is 0.418 e. The molecule has 3 N–H and O–H groups in total. The van der Waals surface area contributed by atoms with Crippen molar-refractivity contribution in [3.8, 4) is 0 Å². The van der Waals surface area contributed by atoms with Crippen LogP contribution in [0.3, 0.4) is 0 Å². The van der Waals surface area contributed by atoms with Gasteiger partial charge >= 0.3 is 16.4 Å². The Kier molecular flexibility index (Phi) is 4.61. The second-order valence-corrected chi connectivity index (χ2v) is 8.81. The molecular formula is C13H19N5O6S2. The zero-order valence-corrected chi connectivity index (χ0v) is 15.4. The highest BCUT2D eigenvalue weighted by Gasteiger charge is 2.48. The molecule has 3 heterocycles. The van der Waals surface area contributed by atoms with Crippen LogP contribution in [-0.4, -0.2) is 63.9 Å². The monoisotopic (exact) mass is 405 g/mol. The van der Waals surface area contributed by atoms with Gasteiger partial charge in [0.2, 0.25) is 0 Å². The highest BCUT2D eigenvalue weighted by molar-refractivity contribution is 7.80. The third kappa shape index (κ3) is 3.54. The first-order valence-electron chi connectivity index (χ1n) is 8.26. The van der Waals surface area contributed by atoms with E-state index in [0.717, 1.165) is 22.9 Å². The summed E-state index contributed by atoms with van der Waals surface area (Å²) in [5.74, 6) is 0. The van der Waals surface area contributed by atoms with Crippen LogP contribution in [0.25, 0.3) is 0 Å². The maximum atomic E-state index is 12.4. The molecule has 144 valence electrons. The second kappa shape index (κ2) is 6.65. The molecule has 4 rings (SSSR count). The number of hydroxylamine groups is 2. The molecule has 0 unspecified atom stereocenters. The van der Waals surface area contributed by atoms with Gasteiger partial charge in [-0.25, -0.2) is 4.79 Å². The second-order valence-electron chi connectivity index (χ2n) is 6.71. The number of carbonyl (C=O) groups is 1. The Bertz CT molecular complexity index is 795. The number of fused-ring (bicyclic) bond motifs is 2. The van der Waals surface area contributed by atoms with Crippen molar-refractivity contribution in [3.05, 3.63) is 10.0 Å². The zero-order valence-electron chi connectivity index (χ0n) is 13.7. The average molecular weight is 405 g/mol. The SMILES string of the molecule is NC1CC(OCc2nnc([C@@H]3CC[C@@H]4CN3C(=O)N4OS(=O)(=O)O)s2)C1. The topological polar surface area (TPSA) is 148 Å². The molecule has 11 nitrogen and oxygen atoms in total. The lowest BCUT2D eigenvalue weighted by Gasteiger charge is -2.31. The summed E-state index contributed by atoms with van der Waals surface area (Å²) in [7, 11) is -4.75. The van der Waals surface area contributed by atoms with Gasteiger partial charge in [0, 0.05) is 12.6 Å². The summed E-state index contributed by atoms with van der Waals surface area (Å²) in [6.45, 7) is 0.667. The highest BCUT2D eigenvalue weighted by Crippen LogP contribution is 2.39. The number of ether oxygens (including phenoxy) is 1. The van der Waals surface area contributed by atoms with Gasteiger partial charge in [-0.3, -0.25) is 4.55 Å². The van der Waals surface area contributed by atoms with Crippen LogP contribution in [0.2, 0.25) is 0 Å². The molecule has 2 atom stereocenters.